The third-order valence-electron chi connectivity index (χ3n) is 8.45. The van der Waals surface area contributed by atoms with Gasteiger partial charge in [0.1, 0.15) is 74.2 Å². The van der Waals surface area contributed by atoms with Gasteiger partial charge in [-0.1, -0.05) is 69.7 Å². The Morgan fingerprint density at radius 3 is 1.08 bits per heavy atom. The van der Waals surface area contributed by atoms with Crippen molar-refractivity contribution < 1.29 is 128 Å². The summed E-state index contributed by atoms with van der Waals surface area (Å²) in [6.45, 7) is 6.84. The van der Waals surface area contributed by atoms with E-state index in [9.17, 15) is 57.5 Å². The number of rotatable bonds is 36. The van der Waals surface area contributed by atoms with Crippen LogP contribution >= 0.6 is 24.4 Å². The van der Waals surface area contributed by atoms with E-state index in [4.69, 9.17) is 76.0 Å². The maximum Gasteiger partial charge on any atom is 0.321 e. The van der Waals surface area contributed by atoms with Gasteiger partial charge in [0, 0.05) is 17.9 Å². The lowest BCUT2D eigenvalue weighted by molar-refractivity contribution is -0.140. The summed E-state index contributed by atoms with van der Waals surface area (Å²) >= 11 is 5.07. The van der Waals surface area contributed by atoms with E-state index in [0.29, 0.717) is 30.9 Å². The first kappa shape index (κ1) is 73.4. The average Bonchev–Trinajstić information content (AvgIpc) is 1.35. The van der Waals surface area contributed by atoms with E-state index in [-0.39, 0.29) is 43.7 Å². The molecule has 9 unspecified atom stereocenters. The van der Waals surface area contributed by atoms with Crippen molar-refractivity contribution in [2.45, 2.75) is 133 Å². The maximum absolute atomic E-state index is 10.6. The number of aromatic hydroxyl groups is 1. The zero-order valence-electron chi connectivity index (χ0n) is 58.1. The molecule has 0 aromatic heterocycles. The summed E-state index contributed by atoms with van der Waals surface area (Å²) in [4.78, 5) is 121. The number of carboxylic acids is 10. The van der Waals surface area contributed by atoms with Crippen LogP contribution in [0.3, 0.4) is 0 Å². The average molecular weight is 1300 g/mol. The van der Waals surface area contributed by atoms with Crippen molar-refractivity contribution in [2.75, 3.05) is 24.3 Å². The molecule has 0 radical (unpaired) electrons. The van der Waals surface area contributed by atoms with Gasteiger partial charge in [0.25, 0.3) is 0 Å². The lowest BCUT2D eigenvalue weighted by atomic mass is 10.1. The third kappa shape index (κ3) is 76.2. The molecule has 0 aliphatic rings. The molecule has 0 saturated heterocycles. The summed E-state index contributed by atoms with van der Waals surface area (Å²) in [5, 5.41) is 91.8. The van der Waals surface area contributed by atoms with Crippen LogP contribution in [0.5, 0.6) is 5.75 Å². The van der Waals surface area contributed by atoms with Gasteiger partial charge in [-0.25, -0.2) is 0 Å². The molecular weight excluding hydrogens is 1200 g/mol. The van der Waals surface area contributed by atoms with Gasteiger partial charge in [0.15, 0.2) is 0 Å². The largest absolute Gasteiger partial charge is 0.508 e. The van der Waals surface area contributed by atoms with Crippen LogP contribution < -0.4 is 68.7 Å². The van der Waals surface area contributed by atoms with Gasteiger partial charge in [-0.05, 0) is 74.5 Å². The molecule has 9 atom stereocenters. The molecule has 35 N–H and O–H groups in total. The highest BCUT2D eigenvalue weighted by atomic mass is 32.2. The Bertz CT molecular complexity index is 2460. The number of aliphatic carboxylic acids is 10. The number of hydrogen-bond acceptors (Lipinski definition) is 25. The number of hydrogen-bond donors (Lipinski definition) is 24. The number of phenolic OH excluding ortho intramolecular Hbond substituents is 1. The van der Waals surface area contributed by atoms with Crippen LogP contribution in [0.15, 0.2) is 54.6 Å². The van der Waals surface area contributed by atoms with Gasteiger partial charge in [0.2, 0.25) is 11.8 Å². The van der Waals surface area contributed by atoms with Gasteiger partial charge < -0.3 is 125 Å². The fourth-order valence-electron chi connectivity index (χ4n) is 3.89. The predicted octanol–water partition coefficient (Wildman–Crippen LogP) is -3.89. The van der Waals surface area contributed by atoms with Crippen molar-refractivity contribution in [2.24, 2.45) is 74.7 Å². The van der Waals surface area contributed by atoms with Crippen LogP contribution in [0.25, 0.3) is 0 Å². The number of carbonyl (C=O) groups is 12. The maximum atomic E-state index is 10.6. The van der Waals surface area contributed by atoms with Crippen molar-refractivity contribution in [1.82, 2.24) is 0 Å². The van der Waals surface area contributed by atoms with Crippen molar-refractivity contribution >= 4 is 95.9 Å². The zero-order valence-corrected chi connectivity index (χ0v) is 49.8. The van der Waals surface area contributed by atoms with Crippen LogP contribution in [-0.2, 0) is 70.4 Å². The Labute approximate surface area is 526 Å². The van der Waals surface area contributed by atoms with E-state index < -0.39 is 126 Å². The monoisotopic (exact) mass is 1300 g/mol. The van der Waals surface area contributed by atoms with Crippen LogP contribution in [0, 0.1) is 5.92 Å². The third-order valence-corrected chi connectivity index (χ3v) is 9.48. The van der Waals surface area contributed by atoms with E-state index in [1.54, 1.807) is 35.6 Å². The topological polar surface area (TPSA) is 740 Å². The summed E-state index contributed by atoms with van der Waals surface area (Å²) in [7, 11) is 0. The van der Waals surface area contributed by atoms with Gasteiger partial charge in [0.05, 0.1) is 13.0 Å². The minimum atomic E-state index is -1.26. The molecule has 0 bridgehead atoms. The number of phenols is 1. The summed E-state index contributed by atoms with van der Waals surface area (Å²) in [5.41, 5.74) is 29.8. The molecule has 0 saturated carbocycles. The lowest BCUT2D eigenvalue weighted by Gasteiger charge is -2.07. The first-order valence-electron chi connectivity index (χ1n) is 29.7. The molecule has 502 valence electrons. The number of primary amides is 2. The Morgan fingerprint density at radius 2 is 0.885 bits per heavy atom. The number of amides is 2. The molecule has 2 rings (SSSR count). The second kappa shape index (κ2) is 59.9. The van der Waals surface area contributed by atoms with E-state index in [0.717, 1.165) is 17.5 Å². The molecule has 2 aromatic rings. The first-order valence-corrected chi connectivity index (χ1v) is 26.7. The van der Waals surface area contributed by atoms with Gasteiger partial charge in [-0.3, -0.25) is 57.5 Å². The second-order valence-electron chi connectivity index (χ2n) is 17.0. The Balaban J connectivity index is -0.000000153. The Hall–Kier alpha value is -7.82. The molecule has 2 amide bonds. The van der Waals surface area contributed by atoms with Gasteiger partial charge in [-0.15, -0.1) is 0 Å². The highest BCUT2D eigenvalue weighted by Gasteiger charge is 2.16. The summed E-state index contributed by atoms with van der Waals surface area (Å²) < 4.78 is 65.2. The number of thiol groups is 1. The van der Waals surface area contributed by atoms with Crippen molar-refractivity contribution in [3.63, 3.8) is 0 Å². The number of benzene rings is 2. The molecule has 0 aliphatic heterocycles. The zero-order chi connectivity index (χ0) is 77.4. The van der Waals surface area contributed by atoms with Crippen molar-refractivity contribution in [1.29, 1.82) is 0 Å². The van der Waals surface area contributed by atoms with E-state index in [1.165, 1.54) is 30.8 Å². The summed E-state index contributed by atoms with van der Waals surface area (Å²) in [6, 6.07) is 7.74. The molecular formula is C50H92N12O23S2. The molecule has 35 nitrogen and oxygen atoms in total. The predicted molar refractivity (Wildman–Crippen MR) is 324 cm³/mol. The highest BCUT2D eigenvalue weighted by Crippen LogP contribution is 2.11. The Kier molecular flexibility index (Phi) is 50.6. The number of nitrogens with two attached hydrogens (primary N) is 12. The molecule has 0 heterocycles. The van der Waals surface area contributed by atoms with E-state index >= 15 is 0 Å². The van der Waals surface area contributed by atoms with Crippen molar-refractivity contribution in [3.8, 4) is 5.75 Å². The minimum Gasteiger partial charge on any atom is -0.508 e. The standard InChI is InChI=1S/C9H11NO3.C9H11NO2.C6H13NO2.C5H10N2O3.C5H11NO2.C4H8N2O3.C4H9NO2S.C3H7NO2S.C3H7NO2.C2H5NO2/c10-8(9(12)13)5-6-1-3-7(11)4-2-6;10-8(9(11)12)6-7-4-2-1-3-5-7;1-4(2)3-5(7)6(8)9;6-3(5(9)10)1-2-4(7)8;1-2-3-4(6)5(7)8;5-2(4(8)9)1-3(6)7;1-8-2-3(5)4(6)7;4-2(1-7)3(5)6;1-2(4)3(5)6;3-1-2(4)5/h1-4,8,11H,5,10H2,(H,12,13);1-5,8H,6,10H2,(H,11,12);4-5H,3,7H2,1-2H3,(H,8,9);3H,1-2,6H2,(H2,7,8)(H,9,10);4H,2-3,6H2,1H3,(H,7,8);2H,1,5H2,(H2,6,7)(H,8,9);3H,2,5H2,1H3,(H,6,7);2,7H,1,4H2,(H,5,6);2H,4H2,1H3,(H,5,6);1,3H2,(H,4,5)/i/hD10. The van der Waals surface area contributed by atoms with Crippen LogP contribution in [0.2, 0.25) is 14.1 Å². The molecule has 87 heavy (non-hydrogen) atoms. The van der Waals surface area contributed by atoms with Crippen LogP contribution in [0.4, 0.5) is 0 Å². The molecule has 0 fully saturated rings. The summed E-state index contributed by atoms with van der Waals surface area (Å²) in [6.07, 6.45) is 3.81. The van der Waals surface area contributed by atoms with Gasteiger partial charge >= 0.3 is 59.7 Å². The molecule has 37 heteroatoms. The first-order chi connectivity index (χ1) is 45.2. The highest BCUT2D eigenvalue weighted by molar-refractivity contribution is 7.98. The minimum absolute atomic E-state index is 0.0250. The lowest BCUT2D eigenvalue weighted by Crippen LogP contribution is -2.34. The fourth-order valence-corrected chi connectivity index (χ4v) is 4.52. The Morgan fingerprint density at radius 1 is 0.494 bits per heavy atom. The summed E-state index contributed by atoms with van der Waals surface area (Å²) in [5.74, 6) is -10.7. The fraction of sp³-hybridized carbons (Fsp3) is 0.520. The quantitative estimate of drug-likeness (QED) is 0.0290. The normalized spacial score (nSPS) is 14.1. The van der Waals surface area contributed by atoms with E-state index in [1.807, 2.05) is 91.2 Å². The van der Waals surface area contributed by atoms with Crippen LogP contribution in [-0.4, -0.2) is 206 Å². The second-order valence-corrected chi connectivity index (χ2v) is 18.3. The molecule has 0 spiro atoms. The smallest absolute Gasteiger partial charge is 0.321 e. The number of thioether (sulfide) groups is 1. The molecule has 0 aliphatic carbocycles. The van der Waals surface area contributed by atoms with Crippen molar-refractivity contribution in [3.05, 3.63) is 65.7 Å². The van der Waals surface area contributed by atoms with Gasteiger partial charge in [-0.2, -0.15) is 24.4 Å². The number of carboxylic acid groups (broad SMARTS) is 10. The molecule has 2 aromatic carbocycles. The van der Waals surface area contributed by atoms with Crippen LogP contribution in [0.1, 0.15) is 77.3 Å². The SMILES string of the molecule is [2H]NC(C)C(=O)O.[2H]NC(CC(C)C)C(=O)O.[2H]NC(CC(N)=O)C(=O)O.[2H]NC(CCC(N)=O)C(=O)O.[2H]NC(CCC)C(=O)O.[2H]NC(CS)C(=O)O.[2H]NC(CSC)C(=O)O.[2H]NC(Cc1ccc(O)cc1)C(=O)O.[2H]NC(Cc1ccccc1)C(=O)O.[2H]NCC(=O)O. The number of carbonyl (C=O) groups excluding carboxylic acids is 2. The van der Waals surface area contributed by atoms with E-state index in [2.05, 4.69) is 18.4 Å².